The Morgan fingerprint density at radius 1 is 1.27 bits per heavy atom. The molecule has 1 aliphatic heterocycles. The number of carbonyl (C=O) groups excluding carboxylic acids is 1. The van der Waals surface area contributed by atoms with Gasteiger partial charge in [-0.25, -0.2) is 14.2 Å². The van der Waals surface area contributed by atoms with Crippen LogP contribution < -0.4 is 16.2 Å². The molecule has 2 aromatic rings. The van der Waals surface area contributed by atoms with E-state index in [2.05, 4.69) is 22.1 Å². The van der Waals surface area contributed by atoms with Crippen LogP contribution in [0.3, 0.4) is 0 Å². The summed E-state index contributed by atoms with van der Waals surface area (Å²) in [5, 5.41) is 4.12. The predicted octanol–water partition coefficient (Wildman–Crippen LogP) is 3.05. The molecule has 2 heterocycles. The smallest absolute Gasteiger partial charge is 0.310 e. The van der Waals surface area contributed by atoms with Gasteiger partial charge in [0.2, 0.25) is 5.54 Å². The average molecular weight is 420 g/mol. The molecule has 4 rings (SSSR count). The lowest BCUT2D eigenvalue weighted by molar-refractivity contribution is -0.178. The van der Waals surface area contributed by atoms with E-state index in [0.717, 1.165) is 10.6 Å². The number of nitrogens with zero attached hydrogens (tertiary/aromatic N) is 2. The molecular weight excluding hydrogens is 404 g/mol. The van der Waals surface area contributed by atoms with Gasteiger partial charge in [0, 0.05) is 34.5 Å². The van der Waals surface area contributed by atoms with Gasteiger partial charge in [-0.05, 0) is 31.9 Å². The fourth-order valence-electron chi connectivity index (χ4n) is 3.19. The number of aryl methyl sites for hydroxylation is 1. The summed E-state index contributed by atoms with van der Waals surface area (Å²) in [7, 11) is 0. The summed E-state index contributed by atoms with van der Waals surface area (Å²) >= 11 is 0. The van der Waals surface area contributed by atoms with Crippen LogP contribution in [0.15, 0.2) is 29.3 Å². The van der Waals surface area contributed by atoms with Gasteiger partial charge in [0.25, 0.3) is 5.56 Å². The van der Waals surface area contributed by atoms with E-state index < -0.39 is 34.7 Å². The number of hydrogen-bond acceptors (Lipinski definition) is 3. The van der Waals surface area contributed by atoms with Gasteiger partial charge in [0.05, 0.1) is 12.9 Å². The molecule has 1 fully saturated rings. The molecule has 1 saturated carbocycles. The molecular formula is C20H16F4N4O2. The van der Waals surface area contributed by atoms with E-state index in [1.807, 2.05) is 5.32 Å². The van der Waals surface area contributed by atoms with E-state index in [1.165, 1.54) is 12.4 Å². The molecule has 0 unspecified atom stereocenters. The molecule has 10 heteroatoms. The minimum Gasteiger partial charge on any atom is -0.310 e. The van der Waals surface area contributed by atoms with E-state index in [9.17, 15) is 27.2 Å². The van der Waals surface area contributed by atoms with Crippen molar-refractivity contribution in [3.8, 4) is 11.8 Å². The molecule has 6 nitrogen and oxygen atoms in total. The topological polar surface area (TPSA) is 76.0 Å². The number of fused-ring (bicyclic) bond motifs is 1. The highest BCUT2D eigenvalue weighted by Gasteiger charge is 2.59. The Morgan fingerprint density at radius 2 is 2.00 bits per heavy atom. The van der Waals surface area contributed by atoms with Gasteiger partial charge in [-0.15, -0.1) is 0 Å². The van der Waals surface area contributed by atoms with Crippen molar-refractivity contribution in [2.24, 2.45) is 5.92 Å². The third-order valence-corrected chi connectivity index (χ3v) is 4.96. The highest BCUT2D eigenvalue weighted by molar-refractivity contribution is 5.95. The van der Waals surface area contributed by atoms with Crippen molar-refractivity contribution < 1.29 is 22.4 Å². The molecule has 2 N–H and O–H groups in total. The van der Waals surface area contributed by atoms with Crippen LogP contribution in [0, 0.1) is 30.5 Å². The van der Waals surface area contributed by atoms with Crippen molar-refractivity contribution in [1.29, 1.82) is 0 Å². The fraction of sp³-hybridized carbons (Fsp3) is 0.350. The second-order valence-corrected chi connectivity index (χ2v) is 7.36. The summed E-state index contributed by atoms with van der Waals surface area (Å²) in [6.07, 6.45) is -2.38. The van der Waals surface area contributed by atoms with Crippen LogP contribution >= 0.6 is 0 Å². The fourth-order valence-corrected chi connectivity index (χ4v) is 3.19. The maximum Gasteiger partial charge on any atom is 0.427 e. The quantitative estimate of drug-likeness (QED) is 0.579. The Kier molecular flexibility index (Phi) is 4.56. The molecule has 0 saturated heterocycles. The summed E-state index contributed by atoms with van der Waals surface area (Å²) in [6, 6.07) is 1.95. The van der Waals surface area contributed by atoms with Crippen LogP contribution in [0.4, 0.5) is 28.0 Å². The Morgan fingerprint density at radius 3 is 2.63 bits per heavy atom. The zero-order valence-electron chi connectivity index (χ0n) is 15.7. The van der Waals surface area contributed by atoms with Crippen LogP contribution in [0.25, 0.3) is 0 Å². The molecule has 156 valence electrons. The normalized spacial score (nSPS) is 20.5. The van der Waals surface area contributed by atoms with Crippen molar-refractivity contribution >= 4 is 11.7 Å². The summed E-state index contributed by atoms with van der Waals surface area (Å²) in [5.74, 6) is 3.57. The molecule has 30 heavy (non-hydrogen) atoms. The van der Waals surface area contributed by atoms with E-state index in [1.54, 1.807) is 6.92 Å². The molecule has 1 aliphatic carbocycles. The van der Waals surface area contributed by atoms with Crippen LogP contribution in [0.1, 0.15) is 29.7 Å². The number of anilines is 1. The second-order valence-electron chi connectivity index (χ2n) is 7.36. The second kappa shape index (κ2) is 6.86. The van der Waals surface area contributed by atoms with E-state index in [4.69, 9.17) is 0 Å². The van der Waals surface area contributed by atoms with Crippen molar-refractivity contribution in [3.05, 3.63) is 57.5 Å². The van der Waals surface area contributed by atoms with Crippen LogP contribution in [0.5, 0.6) is 0 Å². The van der Waals surface area contributed by atoms with Gasteiger partial charge in [-0.3, -0.25) is 9.36 Å². The third kappa shape index (κ3) is 3.51. The highest BCUT2D eigenvalue weighted by atomic mass is 19.4. The molecule has 2 aliphatic rings. The number of rotatable bonds is 2. The minimum absolute atomic E-state index is 0.0741. The van der Waals surface area contributed by atoms with E-state index in [-0.39, 0.29) is 23.7 Å². The van der Waals surface area contributed by atoms with Gasteiger partial charge in [0.1, 0.15) is 5.82 Å². The number of hydrogen-bond donors (Lipinski definition) is 2. The lowest BCUT2D eigenvalue weighted by Gasteiger charge is -2.37. The van der Waals surface area contributed by atoms with Crippen molar-refractivity contribution in [1.82, 2.24) is 14.9 Å². The van der Waals surface area contributed by atoms with Gasteiger partial charge < -0.3 is 10.6 Å². The predicted molar refractivity (Wildman–Crippen MR) is 99.1 cm³/mol. The molecule has 0 spiro atoms. The maximum absolute atomic E-state index is 14.8. The number of aromatic nitrogens is 2. The third-order valence-electron chi connectivity index (χ3n) is 4.96. The molecule has 0 bridgehead atoms. The Balaban J connectivity index is 1.82. The Bertz CT molecular complexity index is 1160. The first kappa shape index (κ1) is 19.9. The lowest BCUT2D eigenvalue weighted by Crippen LogP contribution is -2.59. The molecule has 0 radical (unpaired) electrons. The first-order valence-corrected chi connectivity index (χ1v) is 9.13. The number of benzene rings is 1. The maximum atomic E-state index is 14.8. The standard InChI is InChI=1S/C20H16F4N4O2/c1-11-6-17(29)28(10-25-11)9-13-7-16-14(8-15(13)21)19(20(22,23)24,27-18(30)26-16)5-4-12-2-3-12/h6-8,10,12H,2-3,9H2,1H3,(H2,26,27,30)/t19-/m0/s1. The van der Waals surface area contributed by atoms with E-state index in [0.29, 0.717) is 24.6 Å². The molecule has 1 aromatic heterocycles. The van der Waals surface area contributed by atoms with Crippen molar-refractivity contribution in [2.75, 3.05) is 5.32 Å². The number of halogens is 4. The molecule has 1 aromatic carbocycles. The number of urea groups is 1. The average Bonchev–Trinajstić information content (AvgIpc) is 3.46. The highest BCUT2D eigenvalue weighted by Crippen LogP contribution is 2.45. The first-order valence-electron chi connectivity index (χ1n) is 9.13. The number of amides is 2. The number of alkyl halides is 3. The summed E-state index contributed by atoms with van der Waals surface area (Å²) < 4.78 is 58.1. The van der Waals surface area contributed by atoms with Crippen molar-refractivity contribution in [3.63, 3.8) is 0 Å². The zero-order valence-corrected chi connectivity index (χ0v) is 15.7. The Hall–Kier alpha value is -3.35. The largest absolute Gasteiger partial charge is 0.427 e. The van der Waals surface area contributed by atoms with Crippen LogP contribution in [0.2, 0.25) is 0 Å². The zero-order chi connectivity index (χ0) is 21.7. The van der Waals surface area contributed by atoms with Gasteiger partial charge in [-0.1, -0.05) is 11.8 Å². The summed E-state index contributed by atoms with van der Waals surface area (Å²) in [5.41, 5.74) is -3.80. The number of carbonyl (C=O) groups is 1. The summed E-state index contributed by atoms with van der Waals surface area (Å²) in [6.45, 7) is 1.36. The van der Waals surface area contributed by atoms with Gasteiger partial charge >= 0.3 is 12.2 Å². The van der Waals surface area contributed by atoms with Crippen LogP contribution in [-0.2, 0) is 12.1 Å². The van der Waals surface area contributed by atoms with Gasteiger partial charge in [-0.2, -0.15) is 13.2 Å². The first-order chi connectivity index (χ1) is 14.1. The SMILES string of the molecule is Cc1cc(=O)n(Cc2cc3c(cc2F)[C@@](C#CC2CC2)(C(F)(F)F)NC(=O)N3)cn1. The number of nitrogens with one attached hydrogen (secondary N) is 2. The molecule has 1 atom stereocenters. The lowest BCUT2D eigenvalue weighted by atomic mass is 9.85. The van der Waals surface area contributed by atoms with E-state index >= 15 is 0 Å². The molecule has 2 amide bonds. The minimum atomic E-state index is -4.98. The van der Waals surface area contributed by atoms with Crippen LogP contribution in [-0.4, -0.2) is 21.8 Å². The van der Waals surface area contributed by atoms with Crippen molar-refractivity contribution in [2.45, 2.75) is 38.0 Å². The monoisotopic (exact) mass is 420 g/mol. The summed E-state index contributed by atoms with van der Waals surface area (Å²) in [4.78, 5) is 28.0. The van der Waals surface area contributed by atoms with Gasteiger partial charge in [0.15, 0.2) is 0 Å². The Labute approximate surface area is 168 Å².